The fourth-order valence-electron chi connectivity index (χ4n) is 3.37. The summed E-state index contributed by atoms with van der Waals surface area (Å²) in [5, 5.41) is 4.16. The smallest absolute Gasteiger partial charge is 0.264 e. The van der Waals surface area contributed by atoms with Gasteiger partial charge in [-0.2, -0.15) is 5.10 Å². The molecule has 0 saturated carbocycles. The average Bonchev–Trinajstić information content (AvgIpc) is 2.85. The van der Waals surface area contributed by atoms with Crippen LogP contribution in [0.25, 0.3) is 0 Å². The van der Waals surface area contributed by atoms with Crippen LogP contribution in [0, 0.1) is 13.8 Å². The van der Waals surface area contributed by atoms with Crippen LogP contribution >= 0.6 is 0 Å². The lowest BCUT2D eigenvalue weighted by molar-refractivity contribution is -0.119. The molecule has 8 nitrogen and oxygen atoms in total. The maximum absolute atomic E-state index is 13.5. The van der Waals surface area contributed by atoms with Crippen LogP contribution in [0.15, 0.2) is 76.7 Å². The molecule has 0 aliphatic heterocycles. The Balaban J connectivity index is 1.86. The first-order valence-corrected chi connectivity index (χ1v) is 12.3. The molecule has 0 atom stereocenters. The second-order valence-electron chi connectivity index (χ2n) is 7.97. The highest BCUT2D eigenvalue weighted by atomic mass is 32.2. The van der Waals surface area contributed by atoms with E-state index in [1.165, 1.54) is 19.2 Å². The molecule has 0 aromatic heterocycles. The van der Waals surface area contributed by atoms with Crippen LogP contribution in [0.4, 0.5) is 5.69 Å². The summed E-state index contributed by atoms with van der Waals surface area (Å²) < 4.78 is 38.6. The lowest BCUT2D eigenvalue weighted by Gasteiger charge is -2.24. The fraction of sp³-hybridized carbons (Fsp3) is 0.231. The number of carbonyl (C=O) groups excluding carboxylic acids is 1. The minimum atomic E-state index is -4.00. The molecule has 0 aliphatic rings. The van der Waals surface area contributed by atoms with Crippen molar-refractivity contribution in [3.8, 4) is 11.5 Å². The molecule has 0 radical (unpaired) electrons. The minimum Gasteiger partial charge on any atom is -0.493 e. The van der Waals surface area contributed by atoms with Gasteiger partial charge in [0, 0.05) is 5.56 Å². The number of hydrogen-bond acceptors (Lipinski definition) is 6. The number of nitrogens with one attached hydrogen (secondary N) is 1. The third-order valence-electron chi connectivity index (χ3n) is 5.34. The first kappa shape index (κ1) is 25.8. The van der Waals surface area contributed by atoms with Crippen LogP contribution in [-0.4, -0.2) is 40.8 Å². The number of nitrogens with zero attached hydrogens (tertiary/aromatic N) is 2. The number of aryl methyl sites for hydroxylation is 2. The molecule has 35 heavy (non-hydrogen) atoms. The van der Waals surface area contributed by atoms with Gasteiger partial charge in [0.2, 0.25) is 0 Å². The molecular formula is C26H29N3O5S. The monoisotopic (exact) mass is 495 g/mol. The van der Waals surface area contributed by atoms with Gasteiger partial charge < -0.3 is 9.47 Å². The number of hydrogen-bond donors (Lipinski definition) is 1. The van der Waals surface area contributed by atoms with Crippen molar-refractivity contribution in [2.45, 2.75) is 25.7 Å². The average molecular weight is 496 g/mol. The van der Waals surface area contributed by atoms with E-state index in [9.17, 15) is 13.2 Å². The largest absolute Gasteiger partial charge is 0.493 e. The number of benzene rings is 3. The zero-order chi connectivity index (χ0) is 25.6. The zero-order valence-corrected chi connectivity index (χ0v) is 21.2. The Hall–Kier alpha value is -3.85. The predicted molar refractivity (Wildman–Crippen MR) is 137 cm³/mol. The van der Waals surface area contributed by atoms with Crippen LogP contribution in [0.1, 0.15) is 23.6 Å². The molecule has 0 spiro atoms. The molecule has 0 heterocycles. The van der Waals surface area contributed by atoms with E-state index in [1.807, 2.05) is 19.9 Å². The van der Waals surface area contributed by atoms with Crippen LogP contribution < -0.4 is 19.2 Å². The van der Waals surface area contributed by atoms with Crippen LogP contribution in [0.5, 0.6) is 11.5 Å². The second-order valence-corrected chi connectivity index (χ2v) is 9.83. The highest BCUT2D eigenvalue weighted by Gasteiger charge is 2.27. The number of carbonyl (C=O) groups is 1. The van der Waals surface area contributed by atoms with Gasteiger partial charge in [0.15, 0.2) is 11.5 Å². The van der Waals surface area contributed by atoms with Gasteiger partial charge in [-0.25, -0.2) is 13.8 Å². The van der Waals surface area contributed by atoms with Crippen molar-refractivity contribution in [1.29, 1.82) is 0 Å². The van der Waals surface area contributed by atoms with E-state index in [1.54, 1.807) is 62.6 Å². The molecule has 0 fully saturated rings. The normalized spacial score (nSPS) is 11.6. The number of methoxy groups -OCH3 is 2. The molecule has 3 aromatic carbocycles. The van der Waals surface area contributed by atoms with Crippen molar-refractivity contribution < 1.29 is 22.7 Å². The molecule has 1 N–H and O–H groups in total. The number of sulfonamides is 1. The Morgan fingerprint density at radius 2 is 1.60 bits per heavy atom. The van der Waals surface area contributed by atoms with E-state index in [0.717, 1.165) is 15.4 Å². The predicted octanol–water partition coefficient (Wildman–Crippen LogP) is 4.06. The van der Waals surface area contributed by atoms with E-state index in [-0.39, 0.29) is 4.90 Å². The van der Waals surface area contributed by atoms with E-state index >= 15 is 0 Å². The lowest BCUT2D eigenvalue weighted by atomic mass is 10.1. The van der Waals surface area contributed by atoms with Crippen molar-refractivity contribution in [2.24, 2.45) is 5.10 Å². The molecular weight excluding hydrogens is 466 g/mol. The Morgan fingerprint density at radius 3 is 2.23 bits per heavy atom. The SMILES string of the molecule is COc1ccc(/C(C)=N\NC(=O)CN(c2cccc(C)c2)S(=O)(=O)c2ccc(C)cc2)cc1OC. The first-order chi connectivity index (χ1) is 16.6. The molecule has 3 aromatic rings. The quantitative estimate of drug-likeness (QED) is 0.357. The van der Waals surface area contributed by atoms with Gasteiger partial charge in [-0.05, 0) is 68.8 Å². The Kier molecular flexibility index (Phi) is 8.14. The summed E-state index contributed by atoms with van der Waals surface area (Å²) in [4.78, 5) is 12.9. The second kappa shape index (κ2) is 11.1. The van der Waals surface area contributed by atoms with Crippen molar-refractivity contribution in [1.82, 2.24) is 5.43 Å². The highest BCUT2D eigenvalue weighted by molar-refractivity contribution is 7.92. The van der Waals surface area contributed by atoms with Crippen molar-refractivity contribution in [3.63, 3.8) is 0 Å². The molecule has 0 saturated heterocycles. The summed E-state index contributed by atoms with van der Waals surface area (Å²) in [6, 6.07) is 18.8. The maximum Gasteiger partial charge on any atom is 0.264 e. The number of rotatable bonds is 9. The molecule has 3 rings (SSSR count). The van der Waals surface area contributed by atoms with Crippen molar-refractivity contribution >= 4 is 27.3 Å². The molecule has 184 valence electrons. The molecule has 0 aliphatic carbocycles. The molecule has 0 unspecified atom stereocenters. The summed E-state index contributed by atoms with van der Waals surface area (Å²) in [5.74, 6) is 0.519. The summed E-state index contributed by atoms with van der Waals surface area (Å²) in [7, 11) is -0.920. The standard InChI is InChI=1S/C26H29N3O5S/c1-18-9-12-23(13-10-18)35(31,32)29(22-8-6-7-19(2)15-22)17-26(30)28-27-20(3)21-11-14-24(33-4)25(16-21)34-5/h6-16H,17H2,1-5H3,(H,28,30)/b27-20-. The van der Waals surface area contributed by atoms with E-state index < -0.39 is 22.5 Å². The highest BCUT2D eigenvalue weighted by Crippen LogP contribution is 2.28. The van der Waals surface area contributed by atoms with Crippen molar-refractivity contribution in [3.05, 3.63) is 83.4 Å². The number of ether oxygens (including phenoxy) is 2. The van der Waals surface area contributed by atoms with E-state index in [2.05, 4.69) is 10.5 Å². The van der Waals surface area contributed by atoms with Gasteiger partial charge in [-0.1, -0.05) is 29.8 Å². The summed E-state index contributed by atoms with van der Waals surface area (Å²) in [6.07, 6.45) is 0. The summed E-state index contributed by atoms with van der Waals surface area (Å²) >= 11 is 0. The Bertz CT molecular complexity index is 1340. The maximum atomic E-state index is 13.5. The van der Waals surface area contributed by atoms with Gasteiger partial charge in [-0.15, -0.1) is 0 Å². The van der Waals surface area contributed by atoms with E-state index in [0.29, 0.717) is 28.5 Å². The summed E-state index contributed by atoms with van der Waals surface area (Å²) in [6.45, 7) is 5.02. The van der Waals surface area contributed by atoms with Gasteiger partial charge in [0.25, 0.3) is 15.9 Å². The fourth-order valence-corrected chi connectivity index (χ4v) is 4.79. The van der Waals surface area contributed by atoms with Crippen LogP contribution in [0.2, 0.25) is 0 Å². The number of anilines is 1. The molecule has 9 heteroatoms. The van der Waals surface area contributed by atoms with Gasteiger partial charge in [0.05, 0.1) is 30.5 Å². The van der Waals surface area contributed by atoms with Gasteiger partial charge >= 0.3 is 0 Å². The van der Waals surface area contributed by atoms with Crippen LogP contribution in [-0.2, 0) is 14.8 Å². The van der Waals surface area contributed by atoms with Gasteiger partial charge in [-0.3, -0.25) is 9.10 Å². The zero-order valence-electron chi connectivity index (χ0n) is 20.4. The Morgan fingerprint density at radius 1 is 0.914 bits per heavy atom. The molecule has 1 amide bonds. The van der Waals surface area contributed by atoms with Crippen molar-refractivity contribution in [2.75, 3.05) is 25.1 Å². The van der Waals surface area contributed by atoms with Gasteiger partial charge in [0.1, 0.15) is 6.54 Å². The topological polar surface area (TPSA) is 97.3 Å². The third-order valence-corrected chi connectivity index (χ3v) is 7.12. The Labute approximate surface area is 206 Å². The first-order valence-electron chi connectivity index (χ1n) is 10.9. The number of amides is 1. The van der Waals surface area contributed by atoms with E-state index in [4.69, 9.17) is 9.47 Å². The third kappa shape index (κ3) is 6.19. The lowest BCUT2D eigenvalue weighted by Crippen LogP contribution is -2.39. The molecule has 0 bridgehead atoms. The van der Waals surface area contributed by atoms with Crippen LogP contribution in [0.3, 0.4) is 0 Å². The summed E-state index contributed by atoms with van der Waals surface area (Å²) in [5.41, 5.74) is 5.89. The number of hydrazone groups is 1. The minimum absolute atomic E-state index is 0.0995.